The molecule has 2 fully saturated rings. The predicted molar refractivity (Wildman–Crippen MR) is 136 cm³/mol. The molecule has 4 rings (SSSR count). The quantitative estimate of drug-likeness (QED) is 0.583. The van der Waals surface area contributed by atoms with E-state index in [1.807, 2.05) is 19.2 Å². The number of piperidine rings is 1. The molecule has 1 aliphatic heterocycles. The zero-order chi connectivity index (χ0) is 23.6. The second kappa shape index (κ2) is 12.1. The normalized spacial score (nSPS) is 16.3. The standard InChI is InChI=1S/C22H25N3.C6H11NO/c1-16-4-7-21(14-22(16)24-3)17(2)25-12-10-20(11-13-25)19-8-5-18(15-23)6-9-19;8-5-7-6-3-1-2-4-6/h4-9,14,20,24H,2,10-13H2,1,3H3;5-6H,1-4H2,(H,7,8). The maximum absolute atomic E-state index is 9.85. The molecule has 0 atom stereocenters. The maximum Gasteiger partial charge on any atom is 0.207 e. The summed E-state index contributed by atoms with van der Waals surface area (Å²) in [4.78, 5) is 12.2. The van der Waals surface area contributed by atoms with Crippen LogP contribution in [0.5, 0.6) is 0 Å². The van der Waals surface area contributed by atoms with E-state index in [0.29, 0.717) is 12.0 Å². The van der Waals surface area contributed by atoms with Crippen molar-refractivity contribution in [2.24, 2.45) is 0 Å². The van der Waals surface area contributed by atoms with Crippen LogP contribution in [0.25, 0.3) is 5.70 Å². The van der Waals surface area contributed by atoms with E-state index < -0.39 is 0 Å². The van der Waals surface area contributed by atoms with E-state index in [1.54, 1.807) is 0 Å². The molecule has 1 saturated heterocycles. The van der Waals surface area contributed by atoms with Gasteiger partial charge in [-0.2, -0.15) is 5.26 Å². The first kappa shape index (κ1) is 24.4. The van der Waals surface area contributed by atoms with E-state index in [0.717, 1.165) is 49.3 Å². The second-order valence-electron chi connectivity index (χ2n) is 8.99. The Bertz CT molecular complexity index is 962. The summed E-state index contributed by atoms with van der Waals surface area (Å²) in [7, 11) is 1.96. The lowest BCUT2D eigenvalue weighted by atomic mass is 9.88. The maximum atomic E-state index is 9.85. The smallest absolute Gasteiger partial charge is 0.207 e. The van der Waals surface area contributed by atoms with Gasteiger partial charge in [0.25, 0.3) is 0 Å². The summed E-state index contributed by atoms with van der Waals surface area (Å²) in [6.45, 7) is 8.49. The molecule has 33 heavy (non-hydrogen) atoms. The van der Waals surface area contributed by atoms with E-state index >= 15 is 0 Å². The molecule has 174 valence electrons. The van der Waals surface area contributed by atoms with Crippen LogP contribution in [0.3, 0.4) is 0 Å². The summed E-state index contributed by atoms with van der Waals surface area (Å²) in [6.07, 6.45) is 7.97. The third kappa shape index (κ3) is 6.61. The lowest BCUT2D eigenvalue weighted by Crippen LogP contribution is -2.31. The van der Waals surface area contributed by atoms with Crippen LogP contribution in [0.15, 0.2) is 49.0 Å². The van der Waals surface area contributed by atoms with Crippen LogP contribution < -0.4 is 10.6 Å². The lowest BCUT2D eigenvalue weighted by molar-refractivity contribution is -0.110. The summed E-state index contributed by atoms with van der Waals surface area (Å²) in [6, 6.07) is 17.2. The Hall–Kier alpha value is -3.26. The molecular weight excluding hydrogens is 408 g/mol. The first-order valence-electron chi connectivity index (χ1n) is 12.0. The van der Waals surface area contributed by atoms with Gasteiger partial charge in [0.05, 0.1) is 11.6 Å². The average Bonchev–Trinajstić information content (AvgIpc) is 3.38. The number of aryl methyl sites for hydroxylation is 1. The molecule has 1 saturated carbocycles. The fourth-order valence-corrected chi connectivity index (χ4v) is 4.75. The minimum atomic E-state index is 0.493. The van der Waals surface area contributed by atoms with Crippen molar-refractivity contribution in [2.75, 3.05) is 25.5 Å². The van der Waals surface area contributed by atoms with Crippen molar-refractivity contribution in [3.8, 4) is 6.07 Å². The summed E-state index contributed by atoms with van der Waals surface area (Å²) >= 11 is 0. The van der Waals surface area contributed by atoms with Crippen molar-refractivity contribution in [3.63, 3.8) is 0 Å². The number of nitriles is 1. The first-order chi connectivity index (χ1) is 16.0. The van der Waals surface area contributed by atoms with Crippen molar-refractivity contribution in [1.29, 1.82) is 5.26 Å². The van der Waals surface area contributed by atoms with Crippen molar-refractivity contribution < 1.29 is 4.79 Å². The fourth-order valence-electron chi connectivity index (χ4n) is 4.75. The molecule has 1 amide bonds. The third-order valence-electron chi connectivity index (χ3n) is 6.89. The van der Waals surface area contributed by atoms with Crippen LogP contribution in [-0.2, 0) is 4.79 Å². The van der Waals surface area contributed by atoms with E-state index in [4.69, 9.17) is 5.26 Å². The molecule has 5 heteroatoms. The Labute approximate surface area is 198 Å². The molecule has 0 aromatic heterocycles. The van der Waals surface area contributed by atoms with Gasteiger partial charge in [0, 0.05) is 37.6 Å². The van der Waals surface area contributed by atoms with Crippen LogP contribution in [-0.4, -0.2) is 37.5 Å². The van der Waals surface area contributed by atoms with Gasteiger partial charge in [-0.15, -0.1) is 0 Å². The number of nitrogens with zero attached hydrogens (tertiary/aromatic N) is 2. The second-order valence-corrected chi connectivity index (χ2v) is 8.99. The zero-order valence-corrected chi connectivity index (χ0v) is 19.9. The van der Waals surface area contributed by atoms with Gasteiger partial charge in [-0.25, -0.2) is 0 Å². The van der Waals surface area contributed by atoms with Crippen molar-refractivity contribution in [2.45, 2.75) is 57.4 Å². The molecule has 0 radical (unpaired) electrons. The summed E-state index contributed by atoms with van der Waals surface area (Å²) in [5.41, 5.74) is 6.78. The SMILES string of the molecule is C=C(c1ccc(C)c(NC)c1)N1CCC(c2ccc(C#N)cc2)CC1.O=CNC1CCCC1. The van der Waals surface area contributed by atoms with Gasteiger partial charge >= 0.3 is 0 Å². The molecular formula is C28H36N4O. The van der Waals surface area contributed by atoms with Crippen molar-refractivity contribution in [3.05, 3.63) is 71.3 Å². The number of hydrogen-bond donors (Lipinski definition) is 2. The Morgan fingerprint density at radius 1 is 1.09 bits per heavy atom. The van der Waals surface area contributed by atoms with Gasteiger partial charge in [-0.3, -0.25) is 4.79 Å². The topological polar surface area (TPSA) is 68.2 Å². The zero-order valence-electron chi connectivity index (χ0n) is 19.9. The average molecular weight is 445 g/mol. The Balaban J connectivity index is 0.000000323. The summed E-state index contributed by atoms with van der Waals surface area (Å²) in [5, 5.41) is 14.9. The molecule has 1 heterocycles. The number of amides is 1. The van der Waals surface area contributed by atoms with Crippen LogP contribution >= 0.6 is 0 Å². The number of rotatable bonds is 6. The molecule has 0 spiro atoms. The highest BCUT2D eigenvalue weighted by Gasteiger charge is 2.22. The third-order valence-corrected chi connectivity index (χ3v) is 6.89. The summed E-state index contributed by atoms with van der Waals surface area (Å²) < 4.78 is 0. The monoisotopic (exact) mass is 444 g/mol. The number of carbonyl (C=O) groups is 1. The lowest BCUT2D eigenvalue weighted by Gasteiger charge is -2.35. The highest BCUT2D eigenvalue weighted by molar-refractivity contribution is 5.67. The van der Waals surface area contributed by atoms with Gasteiger partial charge in [0.2, 0.25) is 6.41 Å². The van der Waals surface area contributed by atoms with Crippen LogP contribution in [0.4, 0.5) is 5.69 Å². The van der Waals surface area contributed by atoms with Gasteiger partial charge in [-0.1, -0.05) is 43.7 Å². The van der Waals surface area contributed by atoms with Crippen molar-refractivity contribution >= 4 is 17.8 Å². The Kier molecular flexibility index (Phi) is 8.95. The van der Waals surface area contributed by atoms with E-state index in [1.165, 1.54) is 42.4 Å². The van der Waals surface area contributed by atoms with Gasteiger partial charge < -0.3 is 15.5 Å². The number of benzene rings is 2. The molecule has 2 aromatic rings. The molecule has 1 aliphatic carbocycles. The van der Waals surface area contributed by atoms with Gasteiger partial charge in [-0.05, 0) is 73.4 Å². The number of anilines is 1. The molecule has 2 N–H and O–H groups in total. The molecule has 0 unspecified atom stereocenters. The molecule has 2 aliphatic rings. The Morgan fingerprint density at radius 2 is 1.76 bits per heavy atom. The number of likely N-dealkylation sites (tertiary alicyclic amines) is 1. The number of nitrogens with one attached hydrogen (secondary N) is 2. The molecule has 5 nitrogen and oxygen atoms in total. The highest BCUT2D eigenvalue weighted by atomic mass is 16.1. The van der Waals surface area contributed by atoms with E-state index in [2.05, 4.69) is 65.4 Å². The van der Waals surface area contributed by atoms with E-state index in [9.17, 15) is 4.79 Å². The van der Waals surface area contributed by atoms with Gasteiger partial charge in [0.1, 0.15) is 0 Å². The number of hydrogen-bond acceptors (Lipinski definition) is 4. The van der Waals surface area contributed by atoms with Crippen LogP contribution in [0.2, 0.25) is 0 Å². The minimum Gasteiger partial charge on any atom is -0.388 e. The highest BCUT2D eigenvalue weighted by Crippen LogP contribution is 2.32. The predicted octanol–water partition coefficient (Wildman–Crippen LogP) is 5.43. The largest absolute Gasteiger partial charge is 0.388 e. The van der Waals surface area contributed by atoms with E-state index in [-0.39, 0.29) is 0 Å². The van der Waals surface area contributed by atoms with Gasteiger partial charge in [0.15, 0.2) is 0 Å². The molecule has 0 bridgehead atoms. The minimum absolute atomic E-state index is 0.493. The fraction of sp³-hybridized carbons (Fsp3) is 0.429. The van der Waals surface area contributed by atoms with Crippen LogP contribution in [0.1, 0.15) is 66.7 Å². The first-order valence-corrected chi connectivity index (χ1v) is 12.0. The molecule has 2 aromatic carbocycles. The van der Waals surface area contributed by atoms with Crippen molar-refractivity contribution in [1.82, 2.24) is 10.2 Å². The Morgan fingerprint density at radius 3 is 2.33 bits per heavy atom. The van der Waals surface area contributed by atoms with Crippen LogP contribution in [0, 0.1) is 18.3 Å². The number of carbonyl (C=O) groups excluding carboxylic acids is 1. The summed E-state index contributed by atoms with van der Waals surface area (Å²) in [5.74, 6) is 0.572.